The molecule has 0 saturated heterocycles. The number of hydrogen-bond acceptors (Lipinski definition) is 3. The number of hydrogen-bond donors (Lipinski definition) is 0. The van der Waals surface area contributed by atoms with Gasteiger partial charge in [0.05, 0.1) is 12.0 Å². The maximum Gasteiger partial charge on any atom is 0.296 e. The van der Waals surface area contributed by atoms with Crippen molar-refractivity contribution in [3.63, 3.8) is 0 Å². The van der Waals surface area contributed by atoms with Gasteiger partial charge < -0.3 is 0 Å². The molecule has 0 aromatic heterocycles. The zero-order valence-corrected chi connectivity index (χ0v) is 15.0. The van der Waals surface area contributed by atoms with Crippen molar-refractivity contribution >= 4 is 10.1 Å². The highest BCUT2D eigenvalue weighted by atomic mass is 32.2. The van der Waals surface area contributed by atoms with Crippen LogP contribution in [0.3, 0.4) is 0 Å². The van der Waals surface area contributed by atoms with E-state index >= 15 is 0 Å². The second kappa shape index (κ2) is 10.0. The molecule has 0 aliphatic carbocycles. The maximum absolute atomic E-state index is 11.6. The van der Waals surface area contributed by atoms with Crippen LogP contribution >= 0.6 is 0 Å². The fourth-order valence-corrected chi connectivity index (χ4v) is 3.44. The lowest BCUT2D eigenvalue weighted by molar-refractivity contribution is 0.397. The van der Waals surface area contributed by atoms with Crippen molar-refractivity contribution in [3.05, 3.63) is 29.8 Å². The predicted octanol–water partition coefficient (Wildman–Crippen LogP) is 5.27. The summed E-state index contributed by atoms with van der Waals surface area (Å²) in [7, 11) is -2.39. The van der Waals surface area contributed by atoms with E-state index in [0.29, 0.717) is 5.92 Å². The third-order valence-electron chi connectivity index (χ3n) is 4.26. The zero-order valence-electron chi connectivity index (χ0n) is 14.2. The van der Waals surface area contributed by atoms with Crippen LogP contribution in [0.2, 0.25) is 0 Å². The minimum Gasteiger partial charge on any atom is -0.270 e. The summed E-state index contributed by atoms with van der Waals surface area (Å²) in [6.45, 7) is 4.43. The summed E-state index contributed by atoms with van der Waals surface area (Å²) in [6, 6.07) is 7.16. The van der Waals surface area contributed by atoms with Crippen molar-refractivity contribution in [2.75, 3.05) is 7.11 Å². The van der Waals surface area contributed by atoms with Gasteiger partial charge in [0, 0.05) is 0 Å². The Hall–Kier alpha value is -0.870. The molecule has 1 unspecified atom stereocenters. The van der Waals surface area contributed by atoms with Gasteiger partial charge in [0.2, 0.25) is 0 Å². The second-order valence-corrected chi connectivity index (χ2v) is 7.56. The van der Waals surface area contributed by atoms with Gasteiger partial charge in [-0.15, -0.1) is 0 Å². The van der Waals surface area contributed by atoms with Gasteiger partial charge in [-0.1, -0.05) is 64.5 Å². The Balaban J connectivity index is 2.53. The molecule has 0 heterocycles. The Morgan fingerprint density at radius 1 is 0.955 bits per heavy atom. The second-order valence-electron chi connectivity index (χ2n) is 5.85. The summed E-state index contributed by atoms with van der Waals surface area (Å²) in [5.41, 5.74) is 1.23. The van der Waals surface area contributed by atoms with Crippen LogP contribution in [0, 0.1) is 0 Å². The van der Waals surface area contributed by atoms with Gasteiger partial charge in [0.1, 0.15) is 0 Å². The zero-order chi connectivity index (χ0) is 16.4. The van der Waals surface area contributed by atoms with E-state index in [1.165, 1.54) is 57.6 Å². The van der Waals surface area contributed by atoms with Gasteiger partial charge in [-0.3, -0.25) is 4.18 Å². The molecule has 3 nitrogen and oxygen atoms in total. The van der Waals surface area contributed by atoms with Crippen LogP contribution in [0.15, 0.2) is 29.2 Å². The first-order valence-electron chi connectivity index (χ1n) is 8.45. The fourth-order valence-electron chi connectivity index (χ4n) is 2.78. The van der Waals surface area contributed by atoms with Crippen molar-refractivity contribution in [2.24, 2.45) is 0 Å². The largest absolute Gasteiger partial charge is 0.296 e. The molecule has 0 N–H and O–H groups in total. The minimum absolute atomic E-state index is 0.230. The molecular weight excluding hydrogens is 296 g/mol. The first-order valence-corrected chi connectivity index (χ1v) is 9.86. The maximum atomic E-state index is 11.6. The first-order chi connectivity index (χ1) is 10.5. The van der Waals surface area contributed by atoms with Crippen molar-refractivity contribution in [1.82, 2.24) is 0 Å². The highest BCUT2D eigenvalue weighted by Crippen LogP contribution is 2.27. The van der Waals surface area contributed by atoms with E-state index in [1.54, 1.807) is 12.1 Å². The van der Waals surface area contributed by atoms with Crippen molar-refractivity contribution in [1.29, 1.82) is 0 Å². The lowest BCUT2D eigenvalue weighted by Gasteiger charge is -2.15. The van der Waals surface area contributed by atoms with E-state index < -0.39 is 10.1 Å². The third kappa shape index (κ3) is 6.09. The monoisotopic (exact) mass is 326 g/mol. The summed E-state index contributed by atoms with van der Waals surface area (Å²) >= 11 is 0. The Kier molecular flexibility index (Phi) is 8.72. The molecule has 1 aromatic rings. The molecule has 0 fully saturated rings. The quantitative estimate of drug-likeness (QED) is 0.411. The van der Waals surface area contributed by atoms with E-state index in [2.05, 4.69) is 18.0 Å². The van der Waals surface area contributed by atoms with Gasteiger partial charge in [-0.2, -0.15) is 8.42 Å². The first kappa shape index (κ1) is 19.2. The van der Waals surface area contributed by atoms with Gasteiger partial charge >= 0.3 is 0 Å². The van der Waals surface area contributed by atoms with Crippen LogP contribution in [0.4, 0.5) is 0 Å². The van der Waals surface area contributed by atoms with Gasteiger partial charge in [-0.05, 0) is 36.5 Å². The number of unbranched alkanes of at least 4 members (excludes halogenated alkanes) is 5. The molecule has 0 aliphatic heterocycles. The van der Waals surface area contributed by atoms with Crippen LogP contribution in [0.1, 0.15) is 76.7 Å². The Morgan fingerprint density at radius 3 is 2.09 bits per heavy atom. The third-order valence-corrected chi connectivity index (χ3v) is 5.55. The van der Waals surface area contributed by atoms with E-state index in [1.807, 2.05) is 12.1 Å². The Bertz CT molecular complexity index is 506. The molecule has 1 rings (SSSR count). The van der Waals surface area contributed by atoms with Gasteiger partial charge in [-0.25, -0.2) is 0 Å². The molecule has 0 amide bonds. The number of benzene rings is 1. The highest BCUT2D eigenvalue weighted by molar-refractivity contribution is 7.86. The van der Waals surface area contributed by atoms with Gasteiger partial charge in [0.25, 0.3) is 10.1 Å². The van der Waals surface area contributed by atoms with Crippen LogP contribution in [0.25, 0.3) is 0 Å². The standard InChI is InChI=1S/C18H30O3S/c1-4-6-7-8-9-10-11-16(5-2)17-12-14-18(15-13-17)22(19,20)21-3/h12-16H,4-11H2,1-3H3. The molecule has 0 saturated carbocycles. The topological polar surface area (TPSA) is 43.4 Å². The highest BCUT2D eigenvalue weighted by Gasteiger charge is 2.14. The van der Waals surface area contributed by atoms with Crippen molar-refractivity contribution in [3.8, 4) is 0 Å². The smallest absolute Gasteiger partial charge is 0.270 e. The molecule has 126 valence electrons. The van der Waals surface area contributed by atoms with Crippen LogP contribution in [0.5, 0.6) is 0 Å². The number of rotatable bonds is 11. The minimum atomic E-state index is -3.58. The molecule has 0 radical (unpaired) electrons. The molecule has 4 heteroatoms. The Labute approximate surface area is 136 Å². The summed E-state index contributed by atoms with van der Waals surface area (Å²) in [5.74, 6) is 0.519. The SMILES string of the molecule is CCCCCCCCC(CC)c1ccc(S(=O)(=O)OC)cc1. The predicted molar refractivity (Wildman–Crippen MR) is 91.7 cm³/mol. The van der Waals surface area contributed by atoms with Crippen LogP contribution in [-0.2, 0) is 14.3 Å². The summed E-state index contributed by atoms with van der Waals surface area (Å²) in [5, 5.41) is 0. The molecule has 0 bridgehead atoms. The Morgan fingerprint density at radius 2 is 1.55 bits per heavy atom. The summed E-state index contributed by atoms with van der Waals surface area (Å²) < 4.78 is 27.8. The summed E-state index contributed by atoms with van der Waals surface area (Å²) in [6.07, 6.45) is 10.1. The van der Waals surface area contributed by atoms with E-state index in [9.17, 15) is 8.42 Å². The molecular formula is C18H30O3S. The normalized spacial score (nSPS) is 13.2. The fraction of sp³-hybridized carbons (Fsp3) is 0.667. The molecule has 1 aromatic carbocycles. The lowest BCUT2D eigenvalue weighted by Crippen LogP contribution is -2.04. The lowest BCUT2D eigenvalue weighted by atomic mass is 9.91. The van der Waals surface area contributed by atoms with Gasteiger partial charge in [0.15, 0.2) is 0 Å². The average molecular weight is 327 g/mol. The van der Waals surface area contributed by atoms with Crippen molar-refractivity contribution < 1.29 is 12.6 Å². The average Bonchev–Trinajstić information content (AvgIpc) is 2.54. The molecule has 0 aliphatic rings. The molecule has 1 atom stereocenters. The van der Waals surface area contributed by atoms with E-state index in [-0.39, 0.29) is 4.90 Å². The van der Waals surface area contributed by atoms with E-state index in [4.69, 9.17) is 0 Å². The molecule has 22 heavy (non-hydrogen) atoms. The molecule has 0 spiro atoms. The van der Waals surface area contributed by atoms with Crippen LogP contribution in [-0.4, -0.2) is 15.5 Å². The van der Waals surface area contributed by atoms with E-state index in [0.717, 1.165) is 6.42 Å². The van der Waals surface area contributed by atoms with Crippen LogP contribution < -0.4 is 0 Å². The summed E-state index contributed by atoms with van der Waals surface area (Å²) in [4.78, 5) is 0.230. The van der Waals surface area contributed by atoms with Crippen molar-refractivity contribution in [2.45, 2.75) is 76.0 Å².